The van der Waals surface area contributed by atoms with Crippen LogP contribution >= 0.6 is 11.6 Å². The molecule has 1 aliphatic carbocycles. The molecule has 2 aliphatic rings. The fourth-order valence-corrected chi connectivity index (χ4v) is 6.26. The molecule has 7 nitrogen and oxygen atoms in total. The standard InChI is InChI=1S/C29H35ClF3N3O4/c1-40-22-11-9-21(10-12-22)35-25(29(31,32)33)23-13-8-20(30)16-19(23)17-36-15-5-14-28(36,27(34)39)26(38)24(37)18-6-3-2-4-7-18/h8-13,16,18,24-25,35,37H,2-7,14-15,17H2,1H3,(H2,34,39)/t24-,25?,28-/m1/s1. The van der Waals surface area contributed by atoms with Crippen molar-refractivity contribution in [2.24, 2.45) is 11.7 Å². The number of aliphatic hydroxyl groups is 1. The summed E-state index contributed by atoms with van der Waals surface area (Å²) >= 11 is 6.23. The van der Waals surface area contributed by atoms with Crippen molar-refractivity contribution in [3.63, 3.8) is 0 Å². The second-order valence-corrected chi connectivity index (χ2v) is 11.1. The third-order valence-corrected chi connectivity index (χ3v) is 8.43. The predicted molar refractivity (Wildman–Crippen MR) is 146 cm³/mol. The number of primary amides is 1. The maximum absolute atomic E-state index is 14.5. The van der Waals surface area contributed by atoms with Gasteiger partial charge in [0.05, 0.1) is 7.11 Å². The number of ketones is 1. The van der Waals surface area contributed by atoms with E-state index < -0.39 is 35.6 Å². The molecule has 1 aliphatic heterocycles. The Hall–Kier alpha value is -2.82. The van der Waals surface area contributed by atoms with Crippen molar-refractivity contribution in [1.29, 1.82) is 0 Å². The third-order valence-electron chi connectivity index (χ3n) is 8.19. The van der Waals surface area contributed by atoms with Gasteiger partial charge in [0.15, 0.2) is 11.3 Å². The summed E-state index contributed by atoms with van der Waals surface area (Å²) in [5.74, 6) is -1.35. The third kappa shape index (κ3) is 6.24. The minimum Gasteiger partial charge on any atom is -0.497 e. The Morgan fingerprint density at radius 2 is 1.82 bits per heavy atom. The number of alkyl halides is 3. The number of carbonyl (C=O) groups excluding carboxylic acids is 2. The van der Waals surface area contributed by atoms with Gasteiger partial charge in [-0.3, -0.25) is 14.5 Å². The molecule has 3 atom stereocenters. The SMILES string of the molecule is COc1ccc(NC(c2ccc(Cl)cc2CN2CCC[C@]2(C(N)=O)C(=O)[C@H](O)C2CCCCC2)C(F)(F)F)cc1. The molecule has 11 heteroatoms. The van der Waals surface area contributed by atoms with Crippen LogP contribution in [-0.2, 0) is 16.1 Å². The average Bonchev–Trinajstić information content (AvgIpc) is 3.36. The summed E-state index contributed by atoms with van der Waals surface area (Å²) in [5.41, 5.74) is 4.34. The largest absolute Gasteiger partial charge is 0.497 e. The van der Waals surface area contributed by atoms with Gasteiger partial charge in [0.1, 0.15) is 17.9 Å². The molecule has 2 aromatic carbocycles. The zero-order valence-electron chi connectivity index (χ0n) is 22.3. The van der Waals surface area contributed by atoms with Crippen molar-refractivity contribution < 1.29 is 32.6 Å². The lowest BCUT2D eigenvalue weighted by molar-refractivity contribution is -0.150. The number of nitrogens with zero attached hydrogens (tertiary/aromatic N) is 1. The van der Waals surface area contributed by atoms with Crippen molar-refractivity contribution >= 4 is 29.0 Å². The Labute approximate surface area is 236 Å². The molecule has 0 aromatic heterocycles. The molecule has 218 valence electrons. The first-order valence-corrected chi connectivity index (χ1v) is 13.9. The molecule has 1 unspecified atom stereocenters. The summed E-state index contributed by atoms with van der Waals surface area (Å²) in [6.45, 7) is 0.0689. The fourth-order valence-electron chi connectivity index (χ4n) is 6.07. The van der Waals surface area contributed by atoms with Gasteiger partial charge in [-0.1, -0.05) is 36.9 Å². The van der Waals surface area contributed by atoms with Gasteiger partial charge in [-0.05, 0) is 79.1 Å². The van der Waals surface area contributed by atoms with E-state index in [0.29, 0.717) is 25.0 Å². The lowest BCUT2D eigenvalue weighted by atomic mass is 9.77. The highest BCUT2D eigenvalue weighted by atomic mass is 35.5. The number of nitrogens with two attached hydrogens (primary N) is 1. The van der Waals surface area contributed by atoms with E-state index in [-0.39, 0.29) is 47.3 Å². The number of hydrogen-bond acceptors (Lipinski definition) is 6. The van der Waals surface area contributed by atoms with Crippen LogP contribution in [0.25, 0.3) is 0 Å². The summed E-state index contributed by atoms with van der Waals surface area (Å²) in [6, 6.07) is 8.04. The van der Waals surface area contributed by atoms with Crippen LogP contribution in [0.4, 0.5) is 18.9 Å². The van der Waals surface area contributed by atoms with E-state index in [2.05, 4.69) is 5.32 Å². The molecule has 1 saturated carbocycles. The van der Waals surface area contributed by atoms with Crippen LogP contribution in [0.3, 0.4) is 0 Å². The number of ether oxygens (including phenoxy) is 1. The number of likely N-dealkylation sites (tertiary alicyclic amines) is 1. The number of rotatable bonds is 10. The molecule has 1 heterocycles. The highest BCUT2D eigenvalue weighted by Crippen LogP contribution is 2.41. The van der Waals surface area contributed by atoms with Gasteiger partial charge in [0.25, 0.3) is 0 Å². The van der Waals surface area contributed by atoms with E-state index in [1.165, 1.54) is 42.3 Å². The van der Waals surface area contributed by atoms with Gasteiger partial charge in [-0.25, -0.2) is 0 Å². The average molecular weight is 582 g/mol. The fraction of sp³-hybridized carbons (Fsp3) is 0.517. The first kappa shape index (κ1) is 30.1. The molecule has 2 aromatic rings. The molecule has 0 spiro atoms. The topological polar surface area (TPSA) is 105 Å². The molecule has 0 radical (unpaired) electrons. The maximum atomic E-state index is 14.5. The van der Waals surface area contributed by atoms with E-state index in [0.717, 1.165) is 19.3 Å². The van der Waals surface area contributed by atoms with Gasteiger partial charge < -0.3 is 20.9 Å². The maximum Gasteiger partial charge on any atom is 0.412 e. The Morgan fingerprint density at radius 3 is 2.42 bits per heavy atom. The van der Waals surface area contributed by atoms with Crippen LogP contribution in [-0.4, -0.2) is 53.2 Å². The number of Topliss-reactive ketones (excluding diaryl/α,β-unsaturated/α-hetero) is 1. The number of aliphatic hydroxyl groups excluding tert-OH is 1. The van der Waals surface area contributed by atoms with Crippen molar-refractivity contribution in [2.45, 2.75) is 75.4 Å². The molecular formula is C29H35ClF3N3O4. The number of benzene rings is 2. The summed E-state index contributed by atoms with van der Waals surface area (Å²) in [5, 5.41) is 13.8. The monoisotopic (exact) mass is 581 g/mol. The van der Waals surface area contributed by atoms with Gasteiger partial charge >= 0.3 is 6.18 Å². The van der Waals surface area contributed by atoms with E-state index in [4.69, 9.17) is 22.1 Å². The van der Waals surface area contributed by atoms with Gasteiger partial charge in [-0.15, -0.1) is 0 Å². The molecule has 40 heavy (non-hydrogen) atoms. The predicted octanol–water partition coefficient (Wildman–Crippen LogP) is 5.39. The quantitative estimate of drug-likeness (QED) is 0.325. The first-order chi connectivity index (χ1) is 19.0. The molecule has 0 bridgehead atoms. The highest BCUT2D eigenvalue weighted by Gasteiger charge is 2.55. The van der Waals surface area contributed by atoms with Crippen LogP contribution < -0.4 is 15.8 Å². The number of anilines is 1. The minimum absolute atomic E-state index is 0.0909. The Kier molecular flexibility index (Phi) is 9.32. The van der Waals surface area contributed by atoms with Crippen LogP contribution in [0.2, 0.25) is 5.02 Å². The number of amides is 1. The zero-order valence-corrected chi connectivity index (χ0v) is 23.1. The molecule has 1 saturated heterocycles. The van der Waals surface area contributed by atoms with Gasteiger partial charge in [-0.2, -0.15) is 13.2 Å². The Morgan fingerprint density at radius 1 is 1.15 bits per heavy atom. The van der Waals surface area contributed by atoms with E-state index in [1.807, 2.05) is 0 Å². The first-order valence-electron chi connectivity index (χ1n) is 13.5. The second-order valence-electron chi connectivity index (χ2n) is 10.6. The molecular weight excluding hydrogens is 547 g/mol. The summed E-state index contributed by atoms with van der Waals surface area (Å²) in [4.78, 5) is 28.2. The van der Waals surface area contributed by atoms with E-state index >= 15 is 0 Å². The summed E-state index contributed by atoms with van der Waals surface area (Å²) in [7, 11) is 1.46. The number of hydrogen-bond donors (Lipinski definition) is 3. The van der Waals surface area contributed by atoms with Crippen LogP contribution in [0.5, 0.6) is 5.75 Å². The number of carbonyl (C=O) groups is 2. The number of halogens is 4. The van der Waals surface area contributed by atoms with Gasteiger partial charge in [0.2, 0.25) is 5.91 Å². The zero-order chi connectivity index (χ0) is 29.1. The second kappa shape index (κ2) is 12.4. The molecule has 4 rings (SSSR count). The Balaban J connectivity index is 1.68. The molecule has 1 amide bonds. The van der Waals surface area contributed by atoms with Crippen molar-refractivity contribution in [3.05, 3.63) is 58.6 Å². The van der Waals surface area contributed by atoms with E-state index in [9.17, 15) is 27.9 Å². The summed E-state index contributed by atoms with van der Waals surface area (Å²) < 4.78 is 48.5. The van der Waals surface area contributed by atoms with E-state index in [1.54, 1.807) is 12.1 Å². The lowest BCUT2D eigenvalue weighted by Crippen LogP contribution is -2.62. The van der Waals surface area contributed by atoms with Crippen molar-refractivity contribution in [2.75, 3.05) is 19.0 Å². The highest BCUT2D eigenvalue weighted by molar-refractivity contribution is 6.30. The smallest absolute Gasteiger partial charge is 0.412 e. The van der Waals surface area contributed by atoms with Crippen molar-refractivity contribution in [1.82, 2.24) is 4.90 Å². The molecule has 2 fully saturated rings. The summed E-state index contributed by atoms with van der Waals surface area (Å²) in [6.07, 6.45) is -1.42. The van der Waals surface area contributed by atoms with Crippen LogP contribution in [0, 0.1) is 5.92 Å². The number of methoxy groups -OCH3 is 1. The van der Waals surface area contributed by atoms with Crippen molar-refractivity contribution in [3.8, 4) is 5.75 Å². The minimum atomic E-state index is -4.69. The Bertz CT molecular complexity index is 1200. The van der Waals surface area contributed by atoms with Gasteiger partial charge in [0, 0.05) is 23.8 Å². The van der Waals surface area contributed by atoms with Crippen LogP contribution in [0.1, 0.15) is 62.1 Å². The number of nitrogens with one attached hydrogen (secondary N) is 1. The van der Waals surface area contributed by atoms with Crippen LogP contribution in [0.15, 0.2) is 42.5 Å². The molecule has 4 N–H and O–H groups in total. The lowest BCUT2D eigenvalue weighted by Gasteiger charge is -2.38. The normalized spacial score (nSPS) is 22.1.